The van der Waals surface area contributed by atoms with Crippen molar-refractivity contribution in [2.75, 3.05) is 26.7 Å². The van der Waals surface area contributed by atoms with Crippen LogP contribution in [0.25, 0.3) is 10.9 Å². The Bertz CT molecular complexity index is 500. The molecule has 1 aromatic carbocycles. The van der Waals surface area contributed by atoms with Crippen molar-refractivity contribution < 1.29 is 4.74 Å². The fraction of sp³-hybridized carbons (Fsp3) is 0.467. The van der Waals surface area contributed by atoms with Gasteiger partial charge in [0, 0.05) is 24.7 Å². The van der Waals surface area contributed by atoms with Gasteiger partial charge < -0.3 is 14.2 Å². The number of fused-ring (bicyclic) bond motifs is 1. The highest BCUT2D eigenvalue weighted by Crippen LogP contribution is 2.26. The monoisotopic (exact) mass is 246 g/mol. The number of rotatable bonds is 6. The van der Waals surface area contributed by atoms with E-state index < -0.39 is 0 Å². The zero-order valence-corrected chi connectivity index (χ0v) is 11.5. The average Bonchev–Trinajstić information content (AvgIpc) is 2.83. The van der Waals surface area contributed by atoms with Gasteiger partial charge in [-0.2, -0.15) is 0 Å². The van der Waals surface area contributed by atoms with Gasteiger partial charge in [0.05, 0.1) is 12.6 Å². The molecule has 2 aromatic rings. The van der Waals surface area contributed by atoms with Crippen LogP contribution in [-0.2, 0) is 6.54 Å². The predicted octanol–water partition coefficient (Wildman–Crippen LogP) is 2.99. The highest BCUT2D eigenvalue weighted by molar-refractivity contribution is 5.86. The molecule has 3 nitrogen and oxygen atoms in total. The molecule has 0 aliphatic rings. The molecular weight excluding hydrogens is 224 g/mol. The number of aromatic nitrogens is 1. The Morgan fingerprint density at radius 2 is 1.94 bits per heavy atom. The van der Waals surface area contributed by atoms with Crippen molar-refractivity contribution in [1.82, 2.24) is 9.47 Å². The Kier molecular flexibility index (Phi) is 4.26. The summed E-state index contributed by atoms with van der Waals surface area (Å²) in [5, 5.41) is 1.19. The molecule has 0 unspecified atom stereocenters. The van der Waals surface area contributed by atoms with Crippen molar-refractivity contribution in [3.8, 4) is 5.75 Å². The number of nitrogens with zero attached hydrogens (tertiary/aromatic N) is 2. The Labute approximate surface area is 109 Å². The van der Waals surface area contributed by atoms with E-state index in [0.717, 1.165) is 31.9 Å². The lowest BCUT2D eigenvalue weighted by molar-refractivity contribution is 0.292. The van der Waals surface area contributed by atoms with Gasteiger partial charge in [-0.25, -0.2) is 0 Å². The van der Waals surface area contributed by atoms with Crippen LogP contribution in [-0.4, -0.2) is 36.2 Å². The van der Waals surface area contributed by atoms with Gasteiger partial charge in [0.1, 0.15) is 5.75 Å². The first-order valence-corrected chi connectivity index (χ1v) is 6.64. The molecule has 18 heavy (non-hydrogen) atoms. The average molecular weight is 246 g/mol. The van der Waals surface area contributed by atoms with Gasteiger partial charge in [-0.15, -0.1) is 0 Å². The Balaban J connectivity index is 2.19. The van der Waals surface area contributed by atoms with Gasteiger partial charge >= 0.3 is 0 Å². The number of hydrogen-bond acceptors (Lipinski definition) is 2. The van der Waals surface area contributed by atoms with E-state index in [0.29, 0.717) is 0 Å². The molecule has 0 fully saturated rings. The summed E-state index contributed by atoms with van der Waals surface area (Å²) in [7, 11) is 1.72. The standard InChI is InChI=1S/C15H22N2O/c1-4-16(5-2)11-12-17-10-9-13-14(17)7-6-8-15(13)18-3/h6-10H,4-5,11-12H2,1-3H3. The minimum Gasteiger partial charge on any atom is -0.496 e. The van der Waals surface area contributed by atoms with Crippen LogP contribution in [0.15, 0.2) is 30.5 Å². The molecule has 0 amide bonds. The minimum atomic E-state index is 0.953. The van der Waals surface area contributed by atoms with Crippen LogP contribution in [0.4, 0.5) is 0 Å². The molecule has 0 N–H and O–H groups in total. The van der Waals surface area contributed by atoms with Crippen molar-refractivity contribution >= 4 is 10.9 Å². The summed E-state index contributed by atoms with van der Waals surface area (Å²) < 4.78 is 7.69. The van der Waals surface area contributed by atoms with E-state index >= 15 is 0 Å². The normalized spacial score (nSPS) is 11.3. The smallest absolute Gasteiger partial charge is 0.128 e. The molecule has 98 valence electrons. The maximum Gasteiger partial charge on any atom is 0.128 e. The molecule has 0 atom stereocenters. The number of hydrogen-bond donors (Lipinski definition) is 0. The van der Waals surface area contributed by atoms with E-state index in [1.54, 1.807) is 7.11 Å². The van der Waals surface area contributed by atoms with E-state index in [4.69, 9.17) is 4.74 Å². The first-order valence-electron chi connectivity index (χ1n) is 6.64. The summed E-state index contributed by atoms with van der Waals surface area (Å²) in [6, 6.07) is 8.35. The molecule has 1 heterocycles. The van der Waals surface area contributed by atoms with Crippen LogP contribution < -0.4 is 4.74 Å². The minimum absolute atomic E-state index is 0.953. The van der Waals surface area contributed by atoms with Gasteiger partial charge in [0.2, 0.25) is 0 Å². The van der Waals surface area contributed by atoms with Crippen molar-refractivity contribution in [3.63, 3.8) is 0 Å². The summed E-state index contributed by atoms with van der Waals surface area (Å²) >= 11 is 0. The third-order valence-corrected chi connectivity index (χ3v) is 3.55. The lowest BCUT2D eigenvalue weighted by Gasteiger charge is -2.18. The van der Waals surface area contributed by atoms with Crippen molar-refractivity contribution in [2.45, 2.75) is 20.4 Å². The second kappa shape index (κ2) is 5.91. The van der Waals surface area contributed by atoms with Gasteiger partial charge in [-0.3, -0.25) is 0 Å². The molecule has 0 saturated carbocycles. The van der Waals surface area contributed by atoms with E-state index in [1.165, 1.54) is 10.9 Å². The van der Waals surface area contributed by atoms with Crippen molar-refractivity contribution in [2.24, 2.45) is 0 Å². The van der Waals surface area contributed by atoms with E-state index in [-0.39, 0.29) is 0 Å². The number of methoxy groups -OCH3 is 1. The van der Waals surface area contributed by atoms with Gasteiger partial charge in [-0.05, 0) is 31.3 Å². The van der Waals surface area contributed by atoms with Crippen LogP contribution in [0.3, 0.4) is 0 Å². The molecule has 0 spiro atoms. The molecule has 0 radical (unpaired) electrons. The molecular formula is C15H22N2O. The van der Waals surface area contributed by atoms with Crippen LogP contribution in [0.2, 0.25) is 0 Å². The van der Waals surface area contributed by atoms with Crippen molar-refractivity contribution in [1.29, 1.82) is 0 Å². The second-order valence-corrected chi connectivity index (χ2v) is 4.43. The summed E-state index contributed by atoms with van der Waals surface area (Å²) in [5.41, 5.74) is 1.25. The Morgan fingerprint density at radius 3 is 2.61 bits per heavy atom. The van der Waals surface area contributed by atoms with Gasteiger partial charge in [-0.1, -0.05) is 19.9 Å². The van der Waals surface area contributed by atoms with E-state index in [9.17, 15) is 0 Å². The largest absolute Gasteiger partial charge is 0.496 e. The van der Waals surface area contributed by atoms with Gasteiger partial charge in [0.25, 0.3) is 0 Å². The second-order valence-electron chi connectivity index (χ2n) is 4.43. The zero-order chi connectivity index (χ0) is 13.0. The maximum atomic E-state index is 5.38. The lowest BCUT2D eigenvalue weighted by Crippen LogP contribution is -2.26. The van der Waals surface area contributed by atoms with Gasteiger partial charge in [0.15, 0.2) is 0 Å². The topological polar surface area (TPSA) is 17.4 Å². The summed E-state index contributed by atoms with van der Waals surface area (Å²) in [6.07, 6.45) is 2.15. The molecule has 1 aromatic heterocycles. The molecule has 3 heteroatoms. The molecule has 0 aliphatic carbocycles. The molecule has 0 bridgehead atoms. The summed E-state index contributed by atoms with van der Waals surface area (Å²) in [6.45, 7) is 8.75. The lowest BCUT2D eigenvalue weighted by atomic mass is 10.2. The first-order chi connectivity index (χ1) is 8.80. The maximum absolute atomic E-state index is 5.38. The Morgan fingerprint density at radius 1 is 1.17 bits per heavy atom. The number of benzene rings is 1. The summed E-state index contributed by atoms with van der Waals surface area (Å²) in [5.74, 6) is 0.953. The zero-order valence-electron chi connectivity index (χ0n) is 11.5. The van der Waals surface area contributed by atoms with E-state index in [2.05, 4.69) is 47.7 Å². The number of ether oxygens (including phenoxy) is 1. The van der Waals surface area contributed by atoms with Crippen LogP contribution in [0.5, 0.6) is 5.75 Å². The van der Waals surface area contributed by atoms with Crippen molar-refractivity contribution in [3.05, 3.63) is 30.5 Å². The highest BCUT2D eigenvalue weighted by atomic mass is 16.5. The first kappa shape index (κ1) is 13.0. The van der Waals surface area contributed by atoms with Crippen LogP contribution >= 0.6 is 0 Å². The molecule has 0 aliphatic heterocycles. The fourth-order valence-electron chi connectivity index (χ4n) is 2.36. The quantitative estimate of drug-likeness (QED) is 0.779. The van der Waals surface area contributed by atoms with E-state index in [1.807, 2.05) is 6.07 Å². The fourth-order valence-corrected chi connectivity index (χ4v) is 2.36. The Hall–Kier alpha value is -1.48. The predicted molar refractivity (Wildman–Crippen MR) is 76.3 cm³/mol. The third-order valence-electron chi connectivity index (χ3n) is 3.55. The summed E-state index contributed by atoms with van der Waals surface area (Å²) in [4.78, 5) is 2.44. The highest BCUT2D eigenvalue weighted by Gasteiger charge is 2.06. The number of likely N-dealkylation sites (N-methyl/N-ethyl adjacent to an activating group) is 1. The van der Waals surface area contributed by atoms with Crippen LogP contribution in [0, 0.1) is 0 Å². The molecule has 2 rings (SSSR count). The SMILES string of the molecule is CCN(CC)CCn1ccc2c(OC)cccc21. The molecule has 0 saturated heterocycles. The third kappa shape index (κ3) is 2.51. The van der Waals surface area contributed by atoms with Crippen LogP contribution in [0.1, 0.15) is 13.8 Å².